The lowest BCUT2D eigenvalue weighted by Gasteiger charge is -2.35. The molecule has 2 bridgehead atoms. The number of alkyl halides is 2. The van der Waals surface area contributed by atoms with E-state index in [9.17, 15) is 18.4 Å². The Labute approximate surface area is 159 Å². The van der Waals surface area contributed by atoms with Crippen LogP contribution in [0.3, 0.4) is 0 Å². The fourth-order valence-corrected chi connectivity index (χ4v) is 4.89. The molecule has 3 atom stereocenters. The van der Waals surface area contributed by atoms with Gasteiger partial charge in [-0.2, -0.15) is 5.10 Å². The second-order valence-electron chi connectivity index (χ2n) is 7.69. The standard InChI is InChI=1S/C17H21ClF2N4O3/c18-13-12(7-21-23-15(13)25)24-4-3-11(8-24)27-16(26)22-14-9-1-2-10(14)6-17(19,20)5-9/h7,9-11,14H,1-6,8H2,(H,22,26)(H,23,25)/t9?,10?,11-,14?/m1/s1. The number of carbonyl (C=O) groups excluding carboxylic acids is 1. The molecule has 2 aliphatic carbocycles. The zero-order valence-electron chi connectivity index (χ0n) is 14.6. The summed E-state index contributed by atoms with van der Waals surface area (Å²) in [6.07, 6.45) is 2.23. The first-order valence-electron chi connectivity index (χ1n) is 9.15. The van der Waals surface area contributed by atoms with Gasteiger partial charge in [-0.05, 0) is 24.7 Å². The second-order valence-corrected chi connectivity index (χ2v) is 8.07. The summed E-state index contributed by atoms with van der Waals surface area (Å²) in [5.41, 5.74) is 0.0281. The highest BCUT2D eigenvalue weighted by atomic mass is 35.5. The van der Waals surface area contributed by atoms with E-state index in [-0.39, 0.29) is 41.8 Å². The third-order valence-electron chi connectivity index (χ3n) is 5.87. The van der Waals surface area contributed by atoms with Crippen LogP contribution in [0, 0.1) is 11.8 Å². The molecule has 2 heterocycles. The lowest BCUT2D eigenvalue weighted by Crippen LogP contribution is -2.48. The van der Waals surface area contributed by atoms with E-state index in [0.29, 0.717) is 25.2 Å². The molecule has 1 amide bonds. The number of carbonyl (C=O) groups is 1. The van der Waals surface area contributed by atoms with E-state index in [1.165, 1.54) is 6.20 Å². The Morgan fingerprint density at radius 2 is 2.04 bits per heavy atom. The van der Waals surface area contributed by atoms with Crippen LogP contribution in [0.5, 0.6) is 0 Å². The zero-order chi connectivity index (χ0) is 19.2. The number of aromatic nitrogens is 2. The Kier molecular flexibility index (Phi) is 4.73. The third kappa shape index (κ3) is 3.74. The summed E-state index contributed by atoms with van der Waals surface area (Å²) in [5.74, 6) is -3.00. The maximum atomic E-state index is 13.7. The van der Waals surface area contributed by atoms with Crippen molar-refractivity contribution in [2.75, 3.05) is 18.0 Å². The quantitative estimate of drug-likeness (QED) is 0.811. The van der Waals surface area contributed by atoms with Gasteiger partial charge in [0.1, 0.15) is 11.1 Å². The summed E-state index contributed by atoms with van der Waals surface area (Å²) in [6.45, 7) is 0.970. The monoisotopic (exact) mass is 402 g/mol. The number of alkyl carbamates (subject to hydrolysis) is 1. The Bertz CT molecular complexity index is 774. The van der Waals surface area contributed by atoms with Crippen LogP contribution in [0.15, 0.2) is 11.0 Å². The third-order valence-corrected chi connectivity index (χ3v) is 6.23. The first kappa shape index (κ1) is 18.5. The predicted octanol–water partition coefficient (Wildman–Crippen LogP) is 2.55. The molecule has 3 aliphatic rings. The molecule has 2 unspecified atom stereocenters. The minimum atomic E-state index is -2.62. The molecule has 0 radical (unpaired) electrons. The molecule has 1 aromatic rings. The number of hydrogen-bond acceptors (Lipinski definition) is 5. The van der Waals surface area contributed by atoms with Crippen molar-refractivity contribution >= 4 is 23.4 Å². The number of halogens is 3. The lowest BCUT2D eigenvalue weighted by atomic mass is 9.82. The molecule has 2 N–H and O–H groups in total. The Morgan fingerprint density at radius 1 is 1.33 bits per heavy atom. The van der Waals surface area contributed by atoms with Crippen LogP contribution >= 0.6 is 11.6 Å². The number of ether oxygens (including phenoxy) is 1. The van der Waals surface area contributed by atoms with Crippen LogP contribution in [-0.2, 0) is 4.74 Å². The molecular formula is C17H21ClF2N4O3. The van der Waals surface area contributed by atoms with Gasteiger partial charge in [0.2, 0.25) is 5.92 Å². The molecule has 27 heavy (non-hydrogen) atoms. The fraction of sp³-hybridized carbons (Fsp3) is 0.706. The summed E-state index contributed by atoms with van der Waals surface area (Å²) >= 11 is 6.01. The van der Waals surface area contributed by atoms with Gasteiger partial charge in [-0.1, -0.05) is 11.6 Å². The van der Waals surface area contributed by atoms with Gasteiger partial charge < -0.3 is 15.0 Å². The normalized spacial score (nSPS) is 31.7. The van der Waals surface area contributed by atoms with Gasteiger partial charge in [0, 0.05) is 31.8 Å². The fourth-order valence-electron chi connectivity index (χ4n) is 4.68. The Hall–Kier alpha value is -1.90. The summed E-state index contributed by atoms with van der Waals surface area (Å²) in [7, 11) is 0. The molecule has 2 saturated carbocycles. The van der Waals surface area contributed by atoms with Crippen LogP contribution in [0.2, 0.25) is 5.02 Å². The number of rotatable bonds is 3. The molecule has 1 saturated heterocycles. The summed E-state index contributed by atoms with van der Waals surface area (Å²) < 4.78 is 32.8. The minimum Gasteiger partial charge on any atom is -0.444 e. The van der Waals surface area contributed by atoms with E-state index in [1.807, 2.05) is 4.90 Å². The van der Waals surface area contributed by atoms with Crippen LogP contribution in [0.1, 0.15) is 32.1 Å². The maximum absolute atomic E-state index is 13.7. The lowest BCUT2D eigenvalue weighted by molar-refractivity contribution is -0.0665. The van der Waals surface area contributed by atoms with Gasteiger partial charge in [-0.3, -0.25) is 4.79 Å². The average Bonchev–Trinajstić information content (AvgIpc) is 3.14. The van der Waals surface area contributed by atoms with Crippen LogP contribution < -0.4 is 15.8 Å². The molecule has 0 spiro atoms. The smallest absolute Gasteiger partial charge is 0.407 e. The van der Waals surface area contributed by atoms with Crippen molar-refractivity contribution in [3.63, 3.8) is 0 Å². The molecular weight excluding hydrogens is 382 g/mol. The highest BCUT2D eigenvalue weighted by Crippen LogP contribution is 2.49. The van der Waals surface area contributed by atoms with Crippen molar-refractivity contribution in [3.8, 4) is 0 Å². The number of anilines is 1. The van der Waals surface area contributed by atoms with Crippen molar-refractivity contribution < 1.29 is 18.3 Å². The predicted molar refractivity (Wildman–Crippen MR) is 94.3 cm³/mol. The summed E-state index contributed by atoms with van der Waals surface area (Å²) in [4.78, 5) is 25.7. The Morgan fingerprint density at radius 3 is 2.74 bits per heavy atom. The van der Waals surface area contributed by atoms with Crippen LogP contribution in [0.25, 0.3) is 0 Å². The zero-order valence-corrected chi connectivity index (χ0v) is 15.3. The highest BCUT2D eigenvalue weighted by molar-refractivity contribution is 6.33. The first-order chi connectivity index (χ1) is 12.8. The molecule has 0 aromatic carbocycles. The Balaban J connectivity index is 1.32. The van der Waals surface area contributed by atoms with Gasteiger partial charge in [0.15, 0.2) is 0 Å². The highest BCUT2D eigenvalue weighted by Gasteiger charge is 2.51. The van der Waals surface area contributed by atoms with E-state index in [4.69, 9.17) is 16.3 Å². The largest absolute Gasteiger partial charge is 0.444 e. The molecule has 4 rings (SSSR count). The van der Waals surface area contributed by atoms with Crippen LogP contribution in [-0.4, -0.2) is 47.4 Å². The number of aromatic amines is 1. The van der Waals surface area contributed by atoms with Gasteiger partial charge in [-0.25, -0.2) is 18.7 Å². The van der Waals surface area contributed by atoms with Gasteiger partial charge in [0.05, 0.1) is 18.4 Å². The van der Waals surface area contributed by atoms with Gasteiger partial charge >= 0.3 is 6.09 Å². The van der Waals surface area contributed by atoms with E-state index in [1.54, 1.807) is 0 Å². The number of hydrogen-bond donors (Lipinski definition) is 2. The maximum Gasteiger partial charge on any atom is 0.407 e. The van der Waals surface area contributed by atoms with Gasteiger partial charge in [-0.15, -0.1) is 0 Å². The van der Waals surface area contributed by atoms with E-state index in [2.05, 4.69) is 15.5 Å². The van der Waals surface area contributed by atoms with Crippen molar-refractivity contribution in [1.29, 1.82) is 0 Å². The molecule has 3 fully saturated rings. The molecule has 7 nitrogen and oxygen atoms in total. The summed E-state index contributed by atoms with van der Waals surface area (Å²) in [5, 5.41) is 8.87. The number of amides is 1. The van der Waals surface area contributed by atoms with Crippen LogP contribution in [0.4, 0.5) is 19.3 Å². The number of H-pyrrole nitrogens is 1. The minimum absolute atomic E-state index is 0.0508. The molecule has 1 aromatic heterocycles. The van der Waals surface area contributed by atoms with Gasteiger partial charge in [0.25, 0.3) is 5.56 Å². The second kappa shape index (κ2) is 6.92. The summed E-state index contributed by atoms with van der Waals surface area (Å²) in [6, 6.07) is -0.235. The van der Waals surface area contributed by atoms with Crippen molar-refractivity contribution in [2.24, 2.45) is 11.8 Å². The molecule has 148 valence electrons. The number of nitrogens with one attached hydrogen (secondary N) is 2. The van der Waals surface area contributed by atoms with Crippen molar-refractivity contribution in [1.82, 2.24) is 15.5 Å². The van der Waals surface area contributed by atoms with E-state index >= 15 is 0 Å². The average molecular weight is 403 g/mol. The topological polar surface area (TPSA) is 87.3 Å². The number of nitrogens with zero attached hydrogens (tertiary/aromatic N) is 2. The molecule has 10 heteroatoms. The first-order valence-corrected chi connectivity index (χ1v) is 9.53. The molecule has 1 aliphatic heterocycles. The van der Waals surface area contributed by atoms with Crippen molar-refractivity contribution in [3.05, 3.63) is 21.6 Å². The SMILES string of the molecule is O=C(NC1C2CCC1CC(F)(F)C2)O[C@@H]1CCN(c2cn[nH]c(=O)c2Cl)C1. The van der Waals surface area contributed by atoms with Crippen molar-refractivity contribution in [2.45, 2.75) is 50.2 Å². The van der Waals surface area contributed by atoms with E-state index in [0.717, 1.165) is 12.8 Å². The number of fused-ring (bicyclic) bond motifs is 2. The van der Waals surface area contributed by atoms with E-state index < -0.39 is 17.6 Å².